The standard InChI is InChI=1S/C57H36N4O/c1-3-13-37(14-4-1)38-25-27-39(28-26-38)43-29-31-48-47-21-7-9-23-51(47)61(52(48)36-43)46-20-12-18-42(34-46)41-17-11-19-44(33-41)56-58-55(40-15-5-2-6-16-40)59-57(60-56)45-30-32-54-50(35-45)49-22-8-10-24-53(49)62-54/h1-36H. The minimum absolute atomic E-state index is 0.603. The van der Waals surface area contributed by atoms with Crippen LogP contribution in [-0.4, -0.2) is 19.5 Å². The lowest BCUT2D eigenvalue weighted by Crippen LogP contribution is -2.00. The fraction of sp³-hybridized carbons (Fsp3) is 0. The first-order valence-electron chi connectivity index (χ1n) is 20.8. The van der Waals surface area contributed by atoms with E-state index in [9.17, 15) is 0 Å². The Bertz CT molecular complexity index is 3630. The van der Waals surface area contributed by atoms with Gasteiger partial charge in [-0.15, -0.1) is 0 Å². The fourth-order valence-electron chi connectivity index (χ4n) is 8.79. The van der Waals surface area contributed by atoms with Gasteiger partial charge in [0.1, 0.15) is 11.2 Å². The summed E-state index contributed by atoms with van der Waals surface area (Å²) in [5, 5.41) is 4.53. The summed E-state index contributed by atoms with van der Waals surface area (Å²) in [5.41, 5.74) is 14.8. The number of furan rings is 1. The van der Waals surface area contributed by atoms with Crippen molar-refractivity contribution in [1.29, 1.82) is 0 Å². The maximum Gasteiger partial charge on any atom is 0.164 e. The van der Waals surface area contributed by atoms with E-state index in [1.54, 1.807) is 0 Å². The number of hydrogen-bond acceptors (Lipinski definition) is 4. The summed E-state index contributed by atoms with van der Waals surface area (Å²) in [6.07, 6.45) is 0. The van der Waals surface area contributed by atoms with Crippen molar-refractivity contribution in [3.63, 3.8) is 0 Å². The zero-order chi connectivity index (χ0) is 41.0. The Kier molecular flexibility index (Phi) is 8.42. The predicted molar refractivity (Wildman–Crippen MR) is 254 cm³/mol. The van der Waals surface area contributed by atoms with Crippen LogP contribution >= 0.6 is 0 Å². The monoisotopic (exact) mass is 792 g/mol. The van der Waals surface area contributed by atoms with Gasteiger partial charge in [0.15, 0.2) is 17.5 Å². The quantitative estimate of drug-likeness (QED) is 0.161. The summed E-state index contributed by atoms with van der Waals surface area (Å²) in [5.74, 6) is 1.83. The van der Waals surface area contributed by atoms with Gasteiger partial charge < -0.3 is 8.98 Å². The van der Waals surface area contributed by atoms with Crippen molar-refractivity contribution < 1.29 is 4.42 Å². The number of hydrogen-bond donors (Lipinski definition) is 0. The second-order valence-corrected chi connectivity index (χ2v) is 15.6. The first-order valence-corrected chi connectivity index (χ1v) is 20.8. The zero-order valence-corrected chi connectivity index (χ0v) is 33.5. The third-order valence-electron chi connectivity index (χ3n) is 11.9. The molecule has 0 atom stereocenters. The van der Waals surface area contributed by atoms with E-state index in [1.165, 1.54) is 33.0 Å². The molecule has 0 aliphatic carbocycles. The van der Waals surface area contributed by atoms with Gasteiger partial charge in [-0.1, -0.05) is 164 Å². The topological polar surface area (TPSA) is 56.7 Å². The average Bonchev–Trinajstić information content (AvgIpc) is 3.90. The van der Waals surface area contributed by atoms with Crippen LogP contribution in [0.4, 0.5) is 0 Å². The highest BCUT2D eigenvalue weighted by Gasteiger charge is 2.17. The molecule has 0 fully saturated rings. The van der Waals surface area contributed by atoms with Gasteiger partial charge in [0.25, 0.3) is 0 Å². The van der Waals surface area contributed by atoms with Crippen LogP contribution in [0.1, 0.15) is 0 Å². The molecule has 290 valence electrons. The number of rotatable bonds is 7. The number of benzene rings is 9. The van der Waals surface area contributed by atoms with Crippen LogP contribution in [0.5, 0.6) is 0 Å². The summed E-state index contributed by atoms with van der Waals surface area (Å²) < 4.78 is 8.54. The summed E-state index contributed by atoms with van der Waals surface area (Å²) >= 11 is 0. The Morgan fingerprint density at radius 3 is 1.53 bits per heavy atom. The molecule has 0 spiro atoms. The lowest BCUT2D eigenvalue weighted by molar-refractivity contribution is 0.669. The minimum atomic E-state index is 0.603. The van der Waals surface area contributed by atoms with Crippen molar-refractivity contribution in [3.8, 4) is 73.2 Å². The third kappa shape index (κ3) is 6.23. The fourth-order valence-corrected chi connectivity index (χ4v) is 8.79. The first-order chi connectivity index (χ1) is 30.7. The van der Waals surface area contributed by atoms with Crippen LogP contribution in [-0.2, 0) is 0 Å². The van der Waals surface area contributed by atoms with E-state index in [0.29, 0.717) is 17.5 Å². The molecule has 9 aromatic carbocycles. The molecule has 0 aliphatic heterocycles. The maximum atomic E-state index is 6.14. The molecule has 0 saturated heterocycles. The molecular weight excluding hydrogens is 757 g/mol. The molecule has 12 rings (SSSR count). The lowest BCUT2D eigenvalue weighted by Gasteiger charge is -2.12. The molecule has 3 aromatic heterocycles. The van der Waals surface area contributed by atoms with Gasteiger partial charge in [-0.05, 0) is 88.0 Å². The summed E-state index contributed by atoms with van der Waals surface area (Å²) in [6, 6.07) is 76.6. The number of nitrogens with zero attached hydrogens (tertiary/aromatic N) is 4. The van der Waals surface area contributed by atoms with Gasteiger partial charge in [0, 0.05) is 43.9 Å². The molecule has 12 aromatic rings. The Morgan fingerprint density at radius 2 is 0.758 bits per heavy atom. The van der Waals surface area contributed by atoms with E-state index in [0.717, 1.165) is 66.5 Å². The van der Waals surface area contributed by atoms with E-state index >= 15 is 0 Å². The van der Waals surface area contributed by atoms with Gasteiger partial charge in [0.2, 0.25) is 0 Å². The first kappa shape index (κ1) is 35.5. The van der Waals surface area contributed by atoms with Crippen LogP contribution in [0.2, 0.25) is 0 Å². The SMILES string of the molecule is c1ccc(-c2ccc(-c3ccc4c5ccccc5n(-c5cccc(-c6cccc(-c7nc(-c8ccccc8)nc(-c8ccc9oc%10ccccc%10c9c8)n7)c6)c5)c4c3)cc2)cc1. The Morgan fingerprint density at radius 1 is 0.274 bits per heavy atom. The zero-order valence-electron chi connectivity index (χ0n) is 33.5. The molecule has 0 bridgehead atoms. The van der Waals surface area contributed by atoms with Gasteiger partial charge in [-0.25, -0.2) is 15.0 Å². The molecule has 0 N–H and O–H groups in total. The van der Waals surface area contributed by atoms with Crippen LogP contribution < -0.4 is 0 Å². The van der Waals surface area contributed by atoms with E-state index in [2.05, 4.69) is 162 Å². The Hall–Kier alpha value is -8.41. The van der Waals surface area contributed by atoms with Crippen LogP contribution in [0, 0.1) is 0 Å². The highest BCUT2D eigenvalue weighted by molar-refractivity contribution is 6.10. The van der Waals surface area contributed by atoms with Crippen molar-refractivity contribution in [2.24, 2.45) is 0 Å². The predicted octanol–water partition coefficient (Wildman–Crippen LogP) is 14.9. The maximum absolute atomic E-state index is 6.14. The van der Waals surface area contributed by atoms with E-state index in [4.69, 9.17) is 19.4 Å². The lowest BCUT2D eigenvalue weighted by atomic mass is 9.99. The molecular formula is C57H36N4O. The molecule has 3 heterocycles. The van der Waals surface area contributed by atoms with Gasteiger partial charge in [0.05, 0.1) is 11.0 Å². The van der Waals surface area contributed by atoms with E-state index in [1.807, 2.05) is 60.7 Å². The van der Waals surface area contributed by atoms with Crippen LogP contribution in [0.15, 0.2) is 223 Å². The molecule has 5 nitrogen and oxygen atoms in total. The number of fused-ring (bicyclic) bond motifs is 6. The van der Waals surface area contributed by atoms with Crippen molar-refractivity contribution in [2.45, 2.75) is 0 Å². The minimum Gasteiger partial charge on any atom is -0.456 e. The molecule has 0 unspecified atom stereocenters. The molecule has 0 amide bonds. The third-order valence-corrected chi connectivity index (χ3v) is 11.9. The largest absolute Gasteiger partial charge is 0.456 e. The molecule has 0 radical (unpaired) electrons. The van der Waals surface area contributed by atoms with Crippen LogP contribution in [0.3, 0.4) is 0 Å². The normalized spacial score (nSPS) is 11.5. The number of aromatic nitrogens is 4. The summed E-state index contributed by atoms with van der Waals surface area (Å²) in [6.45, 7) is 0. The summed E-state index contributed by atoms with van der Waals surface area (Å²) in [7, 11) is 0. The highest BCUT2D eigenvalue weighted by Crippen LogP contribution is 2.38. The van der Waals surface area contributed by atoms with Gasteiger partial charge in [-0.2, -0.15) is 0 Å². The smallest absolute Gasteiger partial charge is 0.164 e. The van der Waals surface area contributed by atoms with Crippen LogP contribution in [0.25, 0.3) is 117 Å². The highest BCUT2D eigenvalue weighted by atomic mass is 16.3. The van der Waals surface area contributed by atoms with Gasteiger partial charge >= 0.3 is 0 Å². The molecule has 0 aliphatic rings. The molecule has 0 saturated carbocycles. The Balaban J connectivity index is 0.947. The summed E-state index contributed by atoms with van der Waals surface area (Å²) in [4.78, 5) is 15.2. The molecule has 5 heteroatoms. The average molecular weight is 793 g/mol. The Labute approximate surface area is 357 Å². The van der Waals surface area contributed by atoms with Gasteiger partial charge in [-0.3, -0.25) is 0 Å². The number of para-hydroxylation sites is 2. The second-order valence-electron chi connectivity index (χ2n) is 15.6. The van der Waals surface area contributed by atoms with Crippen molar-refractivity contribution in [1.82, 2.24) is 19.5 Å². The molecule has 62 heavy (non-hydrogen) atoms. The van der Waals surface area contributed by atoms with Crippen molar-refractivity contribution in [3.05, 3.63) is 218 Å². The van der Waals surface area contributed by atoms with E-state index in [-0.39, 0.29) is 0 Å². The van der Waals surface area contributed by atoms with Crippen molar-refractivity contribution >= 4 is 43.7 Å². The van der Waals surface area contributed by atoms with E-state index < -0.39 is 0 Å². The second kappa shape index (κ2) is 14.7. The van der Waals surface area contributed by atoms with Crippen molar-refractivity contribution in [2.75, 3.05) is 0 Å².